The van der Waals surface area contributed by atoms with E-state index in [0.717, 1.165) is 17.7 Å². The van der Waals surface area contributed by atoms with Gasteiger partial charge in [0, 0.05) is 18.2 Å². The van der Waals surface area contributed by atoms with Crippen molar-refractivity contribution in [1.29, 1.82) is 0 Å². The summed E-state index contributed by atoms with van der Waals surface area (Å²) in [5.41, 5.74) is 2.37. The van der Waals surface area contributed by atoms with Gasteiger partial charge in [-0.1, -0.05) is 23.4 Å². The largest absolute Gasteiger partial charge is 0.357 e. The van der Waals surface area contributed by atoms with Crippen molar-refractivity contribution >= 4 is 6.21 Å². The summed E-state index contributed by atoms with van der Waals surface area (Å²) in [7, 11) is 0. The molecule has 0 radical (unpaired) electrons. The van der Waals surface area contributed by atoms with Crippen LogP contribution in [0.1, 0.15) is 11.1 Å². The molecule has 2 heteroatoms. The third-order valence-electron chi connectivity index (χ3n) is 1.82. The summed E-state index contributed by atoms with van der Waals surface area (Å²) < 4.78 is 0. The minimum Gasteiger partial charge on any atom is -0.357 e. The van der Waals surface area contributed by atoms with Gasteiger partial charge >= 0.3 is 0 Å². The number of benzene rings is 1. The summed E-state index contributed by atoms with van der Waals surface area (Å²) in [5, 5.41) is 3.75. The standard InChI is InChI=1S/C9H9NO/c1-7-3-2-4-8-5-6-10-11-9(7)8/h2-4,6H,5H2,1H3. The maximum absolute atomic E-state index is 5.12. The van der Waals surface area contributed by atoms with Crippen molar-refractivity contribution in [3.05, 3.63) is 29.3 Å². The van der Waals surface area contributed by atoms with Gasteiger partial charge in [0.2, 0.25) is 0 Å². The first kappa shape index (κ1) is 6.40. The van der Waals surface area contributed by atoms with Crippen molar-refractivity contribution in [2.45, 2.75) is 13.3 Å². The highest BCUT2D eigenvalue weighted by Crippen LogP contribution is 2.25. The molecule has 0 unspecified atom stereocenters. The fourth-order valence-corrected chi connectivity index (χ4v) is 1.23. The lowest BCUT2D eigenvalue weighted by Gasteiger charge is -2.11. The maximum Gasteiger partial charge on any atom is 0.164 e. The van der Waals surface area contributed by atoms with Crippen molar-refractivity contribution in [2.75, 3.05) is 0 Å². The Morgan fingerprint density at radius 1 is 1.45 bits per heavy atom. The van der Waals surface area contributed by atoms with Crippen LogP contribution in [0.4, 0.5) is 0 Å². The van der Waals surface area contributed by atoms with Crippen LogP contribution in [0, 0.1) is 6.92 Å². The quantitative estimate of drug-likeness (QED) is 0.549. The highest BCUT2D eigenvalue weighted by atomic mass is 16.6. The Hall–Kier alpha value is -1.31. The van der Waals surface area contributed by atoms with E-state index in [1.807, 2.05) is 19.1 Å². The van der Waals surface area contributed by atoms with Crippen LogP contribution in [-0.4, -0.2) is 6.21 Å². The summed E-state index contributed by atoms with van der Waals surface area (Å²) in [6, 6.07) is 6.13. The second-order valence-electron chi connectivity index (χ2n) is 2.65. The highest BCUT2D eigenvalue weighted by molar-refractivity contribution is 5.65. The molecule has 0 atom stereocenters. The van der Waals surface area contributed by atoms with E-state index >= 15 is 0 Å². The van der Waals surface area contributed by atoms with Crippen LogP contribution in [0.15, 0.2) is 23.4 Å². The zero-order chi connectivity index (χ0) is 7.68. The maximum atomic E-state index is 5.12. The molecule has 1 aliphatic rings. The zero-order valence-electron chi connectivity index (χ0n) is 6.37. The van der Waals surface area contributed by atoms with Crippen LogP contribution in [0.3, 0.4) is 0 Å². The third-order valence-corrected chi connectivity index (χ3v) is 1.82. The monoisotopic (exact) mass is 147 g/mol. The number of oxime groups is 1. The molecule has 0 spiro atoms. The fraction of sp³-hybridized carbons (Fsp3) is 0.222. The van der Waals surface area contributed by atoms with E-state index < -0.39 is 0 Å². The predicted molar refractivity (Wildman–Crippen MR) is 44.0 cm³/mol. The van der Waals surface area contributed by atoms with E-state index in [1.54, 1.807) is 6.21 Å². The Bertz CT molecular complexity index is 304. The summed E-state index contributed by atoms with van der Waals surface area (Å²) in [6.07, 6.45) is 2.67. The Morgan fingerprint density at radius 2 is 2.36 bits per heavy atom. The molecule has 2 nitrogen and oxygen atoms in total. The Balaban J connectivity index is 2.54. The number of fused-ring (bicyclic) bond motifs is 1. The first-order valence-corrected chi connectivity index (χ1v) is 3.65. The number of rotatable bonds is 0. The zero-order valence-corrected chi connectivity index (χ0v) is 6.37. The molecule has 0 N–H and O–H groups in total. The van der Waals surface area contributed by atoms with Crippen LogP contribution in [0.5, 0.6) is 5.75 Å². The first-order chi connectivity index (χ1) is 5.38. The van der Waals surface area contributed by atoms with Gasteiger partial charge in [-0.25, -0.2) is 0 Å². The van der Waals surface area contributed by atoms with Crippen LogP contribution in [-0.2, 0) is 6.42 Å². The molecule has 0 bridgehead atoms. The SMILES string of the molecule is Cc1cccc2c1ON=CC2. The normalized spacial score (nSPS) is 13.9. The van der Waals surface area contributed by atoms with Crippen molar-refractivity contribution in [2.24, 2.45) is 5.16 Å². The van der Waals surface area contributed by atoms with Gasteiger partial charge in [-0.05, 0) is 12.5 Å². The van der Waals surface area contributed by atoms with Gasteiger partial charge in [0.1, 0.15) is 0 Å². The average molecular weight is 147 g/mol. The molecule has 1 aromatic carbocycles. The number of hydrogen-bond donors (Lipinski definition) is 0. The summed E-state index contributed by atoms with van der Waals surface area (Å²) in [5.74, 6) is 0.926. The van der Waals surface area contributed by atoms with Gasteiger partial charge in [-0.2, -0.15) is 0 Å². The second kappa shape index (κ2) is 2.38. The molecular weight excluding hydrogens is 138 g/mol. The smallest absolute Gasteiger partial charge is 0.164 e. The molecule has 0 saturated heterocycles. The van der Waals surface area contributed by atoms with Gasteiger partial charge in [-0.15, -0.1) is 0 Å². The van der Waals surface area contributed by atoms with Gasteiger partial charge in [0.25, 0.3) is 0 Å². The Kier molecular flexibility index (Phi) is 1.39. The van der Waals surface area contributed by atoms with Gasteiger partial charge < -0.3 is 4.84 Å². The summed E-state index contributed by atoms with van der Waals surface area (Å²) in [6.45, 7) is 2.03. The van der Waals surface area contributed by atoms with Crippen LogP contribution >= 0.6 is 0 Å². The molecule has 0 aromatic heterocycles. The number of aryl methyl sites for hydroxylation is 1. The van der Waals surface area contributed by atoms with Crippen molar-refractivity contribution in [3.8, 4) is 5.75 Å². The first-order valence-electron chi connectivity index (χ1n) is 3.65. The molecule has 0 fully saturated rings. The Labute approximate surface area is 65.5 Å². The van der Waals surface area contributed by atoms with Crippen LogP contribution in [0.2, 0.25) is 0 Å². The molecule has 0 amide bonds. The van der Waals surface area contributed by atoms with Gasteiger partial charge in [0.05, 0.1) is 0 Å². The van der Waals surface area contributed by atoms with E-state index in [1.165, 1.54) is 5.56 Å². The van der Waals surface area contributed by atoms with E-state index in [0.29, 0.717) is 0 Å². The highest BCUT2D eigenvalue weighted by Gasteiger charge is 2.08. The summed E-state index contributed by atoms with van der Waals surface area (Å²) >= 11 is 0. The number of nitrogens with zero attached hydrogens (tertiary/aromatic N) is 1. The van der Waals surface area contributed by atoms with E-state index in [2.05, 4.69) is 11.2 Å². The third kappa shape index (κ3) is 1.00. The second-order valence-corrected chi connectivity index (χ2v) is 2.65. The molecule has 0 saturated carbocycles. The lowest BCUT2D eigenvalue weighted by atomic mass is 10.1. The molecule has 0 aliphatic carbocycles. The molecule has 1 heterocycles. The number of hydrogen-bond acceptors (Lipinski definition) is 2. The average Bonchev–Trinajstić information content (AvgIpc) is 2.06. The lowest BCUT2D eigenvalue weighted by molar-refractivity contribution is 0.331. The van der Waals surface area contributed by atoms with E-state index in [9.17, 15) is 0 Å². The van der Waals surface area contributed by atoms with Crippen molar-refractivity contribution < 1.29 is 4.84 Å². The predicted octanol–water partition coefficient (Wildman–Crippen LogP) is 1.92. The molecular formula is C9H9NO. The minimum absolute atomic E-state index is 0.886. The molecule has 11 heavy (non-hydrogen) atoms. The fourth-order valence-electron chi connectivity index (χ4n) is 1.23. The van der Waals surface area contributed by atoms with Crippen molar-refractivity contribution in [1.82, 2.24) is 0 Å². The molecule has 2 rings (SSSR count). The topological polar surface area (TPSA) is 21.6 Å². The summed E-state index contributed by atoms with van der Waals surface area (Å²) in [4.78, 5) is 5.12. The van der Waals surface area contributed by atoms with Crippen LogP contribution in [0.25, 0.3) is 0 Å². The van der Waals surface area contributed by atoms with Gasteiger partial charge in [-0.3, -0.25) is 0 Å². The van der Waals surface area contributed by atoms with Crippen LogP contribution < -0.4 is 4.84 Å². The Morgan fingerprint density at radius 3 is 3.18 bits per heavy atom. The molecule has 1 aliphatic heterocycles. The molecule has 1 aromatic rings. The van der Waals surface area contributed by atoms with Crippen molar-refractivity contribution in [3.63, 3.8) is 0 Å². The van der Waals surface area contributed by atoms with Gasteiger partial charge in [0.15, 0.2) is 5.75 Å². The lowest BCUT2D eigenvalue weighted by Crippen LogP contribution is -2.01. The van der Waals surface area contributed by atoms with E-state index in [4.69, 9.17) is 4.84 Å². The number of para-hydroxylation sites is 1. The molecule has 56 valence electrons. The van der Waals surface area contributed by atoms with E-state index in [-0.39, 0.29) is 0 Å². The minimum atomic E-state index is 0.886.